The molecule has 3 heterocycles. The molecule has 1 amide bonds. The van der Waals surface area contributed by atoms with Crippen molar-refractivity contribution in [3.8, 4) is 11.3 Å². The molecule has 31 heavy (non-hydrogen) atoms. The maximum atomic E-state index is 13.6. The van der Waals surface area contributed by atoms with Gasteiger partial charge in [-0.25, -0.2) is 4.39 Å². The van der Waals surface area contributed by atoms with Gasteiger partial charge >= 0.3 is 6.01 Å². The molecule has 2 aromatic heterocycles. The number of aryl methyl sites for hydroxylation is 3. The molecule has 0 radical (unpaired) electrons. The van der Waals surface area contributed by atoms with Crippen molar-refractivity contribution in [1.82, 2.24) is 24.9 Å². The van der Waals surface area contributed by atoms with E-state index < -0.39 is 0 Å². The number of rotatable bonds is 6. The summed E-state index contributed by atoms with van der Waals surface area (Å²) in [6.45, 7) is 8.40. The molecule has 1 fully saturated rings. The van der Waals surface area contributed by atoms with Crippen LogP contribution >= 0.6 is 0 Å². The molecule has 4 rings (SSSR count). The van der Waals surface area contributed by atoms with Gasteiger partial charge in [0.05, 0.1) is 5.69 Å². The first kappa shape index (κ1) is 21.0. The van der Waals surface area contributed by atoms with Gasteiger partial charge in [-0.05, 0) is 43.2 Å². The fourth-order valence-electron chi connectivity index (χ4n) is 3.71. The maximum Gasteiger partial charge on any atom is 0.318 e. The van der Waals surface area contributed by atoms with Gasteiger partial charge in [-0.15, -0.1) is 5.10 Å². The van der Waals surface area contributed by atoms with Crippen molar-refractivity contribution in [2.45, 2.75) is 40.2 Å². The Balaban J connectivity index is 1.41. The summed E-state index contributed by atoms with van der Waals surface area (Å²) in [7, 11) is 0. The van der Waals surface area contributed by atoms with Crippen LogP contribution in [0.5, 0.6) is 0 Å². The number of amides is 1. The Kier molecular flexibility index (Phi) is 6.01. The van der Waals surface area contributed by atoms with Crippen LogP contribution in [-0.2, 0) is 24.2 Å². The maximum absolute atomic E-state index is 13.6. The number of benzene rings is 1. The van der Waals surface area contributed by atoms with Crippen LogP contribution in [0.25, 0.3) is 11.3 Å². The second-order valence-corrected chi connectivity index (χ2v) is 7.70. The van der Waals surface area contributed by atoms with Crippen LogP contribution in [0.4, 0.5) is 10.4 Å². The van der Waals surface area contributed by atoms with E-state index in [1.807, 2.05) is 29.7 Å². The first-order chi connectivity index (χ1) is 15.0. The third-order valence-corrected chi connectivity index (χ3v) is 5.63. The summed E-state index contributed by atoms with van der Waals surface area (Å²) in [5.74, 6) is 0.408. The summed E-state index contributed by atoms with van der Waals surface area (Å²) in [6.07, 6.45) is 1.46. The molecule has 0 atom stereocenters. The van der Waals surface area contributed by atoms with E-state index in [1.165, 1.54) is 6.07 Å². The van der Waals surface area contributed by atoms with Gasteiger partial charge in [-0.2, -0.15) is 5.10 Å². The fourth-order valence-corrected chi connectivity index (χ4v) is 3.71. The standard InChI is InChI=1S/C22H27FN6O2/c1-4-17-13-19(16-6-7-18(23)15(3)12-16)26-29(17)14-21(30)27-8-10-28(11-9-27)22-25-24-20(5-2)31-22/h6-7,12-13H,4-5,8-11,14H2,1-3H3. The smallest absolute Gasteiger partial charge is 0.318 e. The second-order valence-electron chi connectivity index (χ2n) is 7.70. The largest absolute Gasteiger partial charge is 0.408 e. The van der Waals surface area contributed by atoms with Crippen LogP contribution in [0.2, 0.25) is 0 Å². The SMILES string of the molecule is CCc1nnc(N2CCN(C(=O)Cn3nc(-c4ccc(F)c(C)c4)cc3CC)CC2)o1. The van der Waals surface area contributed by atoms with Crippen LogP contribution < -0.4 is 4.90 Å². The summed E-state index contributed by atoms with van der Waals surface area (Å²) in [5, 5.41) is 12.7. The van der Waals surface area contributed by atoms with Gasteiger partial charge < -0.3 is 14.2 Å². The van der Waals surface area contributed by atoms with E-state index in [-0.39, 0.29) is 18.3 Å². The van der Waals surface area contributed by atoms with Crippen LogP contribution in [0, 0.1) is 12.7 Å². The first-order valence-corrected chi connectivity index (χ1v) is 10.7. The van der Waals surface area contributed by atoms with E-state index in [9.17, 15) is 9.18 Å². The number of piperazine rings is 1. The van der Waals surface area contributed by atoms with Crippen molar-refractivity contribution in [3.63, 3.8) is 0 Å². The molecule has 164 valence electrons. The van der Waals surface area contributed by atoms with E-state index in [2.05, 4.69) is 15.3 Å². The molecule has 1 aliphatic rings. The molecular formula is C22H27FN6O2. The van der Waals surface area contributed by atoms with E-state index in [0.29, 0.717) is 50.1 Å². The van der Waals surface area contributed by atoms with E-state index >= 15 is 0 Å². The van der Waals surface area contributed by atoms with Crippen molar-refractivity contribution in [3.05, 3.63) is 47.2 Å². The van der Waals surface area contributed by atoms with E-state index in [4.69, 9.17) is 4.42 Å². The number of hydrogen-bond acceptors (Lipinski definition) is 6. The minimum absolute atomic E-state index is 0.0269. The number of carbonyl (C=O) groups is 1. The van der Waals surface area contributed by atoms with Crippen LogP contribution in [-0.4, -0.2) is 57.0 Å². The summed E-state index contributed by atoms with van der Waals surface area (Å²) >= 11 is 0. The molecule has 0 unspecified atom stereocenters. The van der Waals surface area contributed by atoms with Gasteiger partial charge in [-0.3, -0.25) is 9.48 Å². The topological polar surface area (TPSA) is 80.3 Å². The van der Waals surface area contributed by atoms with Gasteiger partial charge in [0.15, 0.2) is 0 Å². The molecule has 1 aromatic carbocycles. The van der Waals surface area contributed by atoms with Crippen LogP contribution in [0.1, 0.15) is 31.0 Å². The zero-order valence-corrected chi connectivity index (χ0v) is 18.1. The molecule has 0 aliphatic carbocycles. The Morgan fingerprint density at radius 2 is 1.87 bits per heavy atom. The van der Waals surface area contributed by atoms with Crippen LogP contribution in [0.3, 0.4) is 0 Å². The molecule has 9 heteroatoms. The van der Waals surface area contributed by atoms with Crippen molar-refractivity contribution in [1.29, 1.82) is 0 Å². The quantitative estimate of drug-likeness (QED) is 0.603. The molecule has 3 aromatic rings. The first-order valence-electron chi connectivity index (χ1n) is 10.7. The van der Waals surface area contributed by atoms with Crippen LogP contribution in [0.15, 0.2) is 28.7 Å². The van der Waals surface area contributed by atoms with Crippen molar-refractivity contribution >= 4 is 11.9 Å². The third kappa shape index (κ3) is 4.45. The monoisotopic (exact) mass is 426 g/mol. The molecular weight excluding hydrogens is 399 g/mol. The number of halogens is 1. The Bertz CT molecular complexity index is 1070. The molecule has 0 N–H and O–H groups in total. The number of anilines is 1. The Morgan fingerprint density at radius 3 is 2.52 bits per heavy atom. The lowest BCUT2D eigenvalue weighted by Gasteiger charge is -2.33. The highest BCUT2D eigenvalue weighted by molar-refractivity contribution is 5.76. The average molecular weight is 426 g/mol. The fraction of sp³-hybridized carbons (Fsp3) is 0.455. The highest BCUT2D eigenvalue weighted by Crippen LogP contribution is 2.22. The zero-order chi connectivity index (χ0) is 22.0. The number of hydrogen-bond donors (Lipinski definition) is 0. The van der Waals surface area contributed by atoms with Gasteiger partial charge in [0.2, 0.25) is 11.8 Å². The Morgan fingerprint density at radius 1 is 1.10 bits per heavy atom. The molecule has 0 saturated carbocycles. The minimum atomic E-state index is -0.236. The van der Waals surface area contributed by atoms with Crippen molar-refractivity contribution in [2.75, 3.05) is 31.1 Å². The lowest BCUT2D eigenvalue weighted by Crippen LogP contribution is -2.49. The zero-order valence-electron chi connectivity index (χ0n) is 18.1. The molecule has 1 aliphatic heterocycles. The molecule has 1 saturated heterocycles. The number of carbonyl (C=O) groups excluding carboxylic acids is 1. The Hall–Kier alpha value is -3.23. The molecule has 0 bridgehead atoms. The lowest BCUT2D eigenvalue weighted by atomic mass is 10.1. The highest BCUT2D eigenvalue weighted by Gasteiger charge is 2.25. The summed E-state index contributed by atoms with van der Waals surface area (Å²) in [5.41, 5.74) is 3.15. The van der Waals surface area contributed by atoms with Gasteiger partial charge in [-0.1, -0.05) is 18.9 Å². The van der Waals surface area contributed by atoms with Gasteiger partial charge in [0.1, 0.15) is 12.4 Å². The van der Waals surface area contributed by atoms with Crippen molar-refractivity contribution < 1.29 is 13.6 Å². The number of aromatic nitrogens is 4. The predicted molar refractivity (Wildman–Crippen MR) is 114 cm³/mol. The Labute approximate surface area is 180 Å². The van der Waals surface area contributed by atoms with Gasteiger partial charge in [0, 0.05) is 43.9 Å². The normalized spacial score (nSPS) is 14.3. The summed E-state index contributed by atoms with van der Waals surface area (Å²) in [4.78, 5) is 16.8. The molecule has 0 spiro atoms. The van der Waals surface area contributed by atoms with Crippen molar-refractivity contribution in [2.24, 2.45) is 0 Å². The lowest BCUT2D eigenvalue weighted by molar-refractivity contribution is -0.132. The van der Waals surface area contributed by atoms with E-state index in [0.717, 1.165) is 23.4 Å². The highest BCUT2D eigenvalue weighted by atomic mass is 19.1. The van der Waals surface area contributed by atoms with E-state index in [1.54, 1.807) is 23.7 Å². The summed E-state index contributed by atoms with van der Waals surface area (Å²) < 4.78 is 21.0. The predicted octanol–water partition coefficient (Wildman–Crippen LogP) is 2.85. The summed E-state index contributed by atoms with van der Waals surface area (Å²) in [6, 6.07) is 7.44. The number of nitrogens with zero attached hydrogens (tertiary/aromatic N) is 6. The third-order valence-electron chi connectivity index (χ3n) is 5.63. The average Bonchev–Trinajstić information content (AvgIpc) is 3.43. The second kappa shape index (κ2) is 8.87. The minimum Gasteiger partial charge on any atom is -0.408 e. The van der Waals surface area contributed by atoms with Gasteiger partial charge in [0.25, 0.3) is 0 Å². The molecule has 8 nitrogen and oxygen atoms in total.